The fourth-order valence-corrected chi connectivity index (χ4v) is 1.65. The summed E-state index contributed by atoms with van der Waals surface area (Å²) in [4.78, 5) is 4.13. The summed E-state index contributed by atoms with van der Waals surface area (Å²) < 4.78 is 0. The Bertz CT molecular complexity index is 495. The van der Waals surface area contributed by atoms with Crippen molar-refractivity contribution in [3.63, 3.8) is 0 Å². The quantitative estimate of drug-likeness (QED) is 0.746. The van der Waals surface area contributed by atoms with Gasteiger partial charge in [-0.15, -0.1) is 0 Å². The van der Waals surface area contributed by atoms with Crippen LogP contribution < -0.4 is 5.73 Å². The van der Waals surface area contributed by atoms with E-state index in [2.05, 4.69) is 4.98 Å². The van der Waals surface area contributed by atoms with Gasteiger partial charge >= 0.3 is 0 Å². The molecule has 1 aromatic carbocycles. The smallest absolute Gasteiger partial charge is 0.0413 e. The lowest BCUT2D eigenvalue weighted by molar-refractivity contribution is 1.27. The second-order valence-corrected chi connectivity index (χ2v) is 3.92. The molecule has 3 heteroatoms. The molecule has 0 bridgehead atoms. The van der Waals surface area contributed by atoms with Gasteiger partial charge in [-0.3, -0.25) is 4.98 Å². The summed E-state index contributed by atoms with van der Waals surface area (Å²) in [6.45, 7) is 2.00. The summed E-state index contributed by atoms with van der Waals surface area (Å²) in [5.41, 5.74) is 9.63. The van der Waals surface area contributed by atoms with E-state index in [1.165, 1.54) is 0 Å². The van der Waals surface area contributed by atoms with Crippen LogP contribution in [0.4, 0.5) is 5.69 Å². The number of pyridine rings is 1. The minimum atomic E-state index is 0.681. The minimum Gasteiger partial charge on any atom is -0.398 e. The van der Waals surface area contributed by atoms with E-state index in [0.717, 1.165) is 16.7 Å². The molecule has 0 unspecified atom stereocenters. The second-order valence-electron chi connectivity index (χ2n) is 3.48. The van der Waals surface area contributed by atoms with Crippen molar-refractivity contribution in [3.05, 3.63) is 47.2 Å². The van der Waals surface area contributed by atoms with Gasteiger partial charge in [0, 0.05) is 34.2 Å². The van der Waals surface area contributed by atoms with E-state index in [0.29, 0.717) is 10.7 Å². The molecule has 0 saturated heterocycles. The highest BCUT2D eigenvalue weighted by molar-refractivity contribution is 6.31. The van der Waals surface area contributed by atoms with E-state index in [1.807, 2.05) is 25.3 Å². The zero-order valence-corrected chi connectivity index (χ0v) is 9.12. The van der Waals surface area contributed by atoms with Gasteiger partial charge in [0.05, 0.1) is 0 Å². The van der Waals surface area contributed by atoms with E-state index in [1.54, 1.807) is 18.3 Å². The largest absolute Gasteiger partial charge is 0.398 e. The summed E-state index contributed by atoms with van der Waals surface area (Å²) in [6, 6.07) is 7.48. The van der Waals surface area contributed by atoms with Crippen molar-refractivity contribution in [1.29, 1.82) is 0 Å². The molecule has 2 nitrogen and oxygen atoms in total. The highest BCUT2D eigenvalue weighted by Gasteiger charge is 2.03. The molecule has 0 fully saturated rings. The first kappa shape index (κ1) is 9.99. The Labute approximate surface area is 93.7 Å². The number of nitrogens with two attached hydrogens (primary N) is 1. The zero-order chi connectivity index (χ0) is 10.8. The number of rotatable bonds is 1. The van der Waals surface area contributed by atoms with Crippen molar-refractivity contribution in [2.24, 2.45) is 0 Å². The number of halogens is 1. The fraction of sp³-hybridized carbons (Fsp3) is 0.0833. The molecule has 0 amide bonds. The van der Waals surface area contributed by atoms with Gasteiger partial charge in [0.25, 0.3) is 0 Å². The molecule has 0 aliphatic rings. The molecular formula is C12H11ClN2. The maximum absolute atomic E-state index is 5.93. The van der Waals surface area contributed by atoms with Crippen LogP contribution in [0.3, 0.4) is 0 Å². The number of hydrogen-bond donors (Lipinski definition) is 1. The van der Waals surface area contributed by atoms with E-state index >= 15 is 0 Å². The standard InChI is InChI=1S/C12H11ClN2/c1-8-4-9(7-15-6-8)11-5-10(13)2-3-12(11)14/h2-7H,14H2,1H3. The number of hydrogen-bond acceptors (Lipinski definition) is 2. The van der Waals surface area contributed by atoms with Gasteiger partial charge in [-0.25, -0.2) is 0 Å². The first-order valence-electron chi connectivity index (χ1n) is 4.64. The van der Waals surface area contributed by atoms with Crippen LogP contribution in [0.15, 0.2) is 36.7 Å². The van der Waals surface area contributed by atoms with Crippen molar-refractivity contribution in [2.75, 3.05) is 5.73 Å². The first-order chi connectivity index (χ1) is 7.16. The van der Waals surface area contributed by atoms with Gasteiger partial charge in [-0.05, 0) is 36.8 Å². The highest BCUT2D eigenvalue weighted by Crippen LogP contribution is 2.28. The maximum Gasteiger partial charge on any atom is 0.0413 e. The molecular weight excluding hydrogens is 208 g/mol. The van der Waals surface area contributed by atoms with E-state index in [-0.39, 0.29) is 0 Å². The molecule has 0 saturated carbocycles. The summed E-state index contributed by atoms with van der Waals surface area (Å²) in [5.74, 6) is 0. The second kappa shape index (κ2) is 3.91. The van der Waals surface area contributed by atoms with Crippen LogP contribution in [0.5, 0.6) is 0 Å². The normalized spacial score (nSPS) is 10.3. The predicted molar refractivity (Wildman–Crippen MR) is 63.8 cm³/mol. The number of nitrogen functional groups attached to an aromatic ring is 1. The van der Waals surface area contributed by atoms with Gasteiger partial charge in [-0.2, -0.15) is 0 Å². The maximum atomic E-state index is 5.93. The monoisotopic (exact) mass is 218 g/mol. The third-order valence-corrected chi connectivity index (χ3v) is 2.44. The summed E-state index contributed by atoms with van der Waals surface area (Å²) in [5, 5.41) is 0.681. The molecule has 76 valence electrons. The number of aromatic nitrogens is 1. The lowest BCUT2D eigenvalue weighted by Gasteiger charge is -2.06. The van der Waals surface area contributed by atoms with E-state index in [4.69, 9.17) is 17.3 Å². The van der Waals surface area contributed by atoms with Crippen molar-refractivity contribution >= 4 is 17.3 Å². The topological polar surface area (TPSA) is 38.9 Å². The SMILES string of the molecule is Cc1cncc(-c2cc(Cl)ccc2N)c1. The molecule has 15 heavy (non-hydrogen) atoms. The lowest BCUT2D eigenvalue weighted by Crippen LogP contribution is -1.90. The Hall–Kier alpha value is -1.54. The Kier molecular flexibility index (Phi) is 2.60. The van der Waals surface area contributed by atoms with Gasteiger partial charge < -0.3 is 5.73 Å². The summed E-state index contributed by atoms with van der Waals surface area (Å²) >= 11 is 5.93. The zero-order valence-electron chi connectivity index (χ0n) is 8.37. The summed E-state index contributed by atoms with van der Waals surface area (Å²) in [7, 11) is 0. The number of aryl methyl sites for hydroxylation is 1. The molecule has 1 aromatic heterocycles. The molecule has 2 rings (SSSR count). The Morgan fingerprint density at radius 3 is 2.73 bits per heavy atom. The number of anilines is 1. The highest BCUT2D eigenvalue weighted by atomic mass is 35.5. The first-order valence-corrected chi connectivity index (χ1v) is 5.01. The lowest BCUT2D eigenvalue weighted by atomic mass is 10.0. The predicted octanol–water partition coefficient (Wildman–Crippen LogP) is 3.29. The van der Waals surface area contributed by atoms with Crippen LogP contribution in [0.1, 0.15) is 5.56 Å². The molecule has 0 radical (unpaired) electrons. The third kappa shape index (κ3) is 2.10. The van der Waals surface area contributed by atoms with Crippen LogP contribution in [0.2, 0.25) is 5.02 Å². The van der Waals surface area contributed by atoms with Crippen molar-refractivity contribution in [2.45, 2.75) is 6.92 Å². The Morgan fingerprint density at radius 1 is 1.20 bits per heavy atom. The summed E-state index contributed by atoms with van der Waals surface area (Å²) in [6.07, 6.45) is 3.60. The van der Waals surface area contributed by atoms with Crippen molar-refractivity contribution < 1.29 is 0 Å². The molecule has 1 heterocycles. The van der Waals surface area contributed by atoms with Gasteiger partial charge in [0.15, 0.2) is 0 Å². The van der Waals surface area contributed by atoms with Crippen LogP contribution in [0.25, 0.3) is 11.1 Å². The fourth-order valence-electron chi connectivity index (χ4n) is 1.48. The molecule has 0 atom stereocenters. The Morgan fingerprint density at radius 2 is 2.00 bits per heavy atom. The molecule has 0 aliphatic carbocycles. The van der Waals surface area contributed by atoms with Crippen molar-refractivity contribution in [1.82, 2.24) is 4.98 Å². The average Bonchev–Trinajstić information content (AvgIpc) is 2.22. The molecule has 0 aliphatic heterocycles. The van der Waals surface area contributed by atoms with Gasteiger partial charge in [0.1, 0.15) is 0 Å². The van der Waals surface area contributed by atoms with Crippen LogP contribution in [-0.4, -0.2) is 4.98 Å². The molecule has 0 spiro atoms. The number of nitrogens with zero attached hydrogens (tertiary/aromatic N) is 1. The van der Waals surface area contributed by atoms with E-state index < -0.39 is 0 Å². The Balaban J connectivity index is 2.58. The average molecular weight is 219 g/mol. The number of benzene rings is 1. The van der Waals surface area contributed by atoms with Gasteiger partial charge in [0.2, 0.25) is 0 Å². The van der Waals surface area contributed by atoms with E-state index in [9.17, 15) is 0 Å². The third-order valence-electron chi connectivity index (χ3n) is 2.20. The molecule has 2 aromatic rings. The van der Waals surface area contributed by atoms with Crippen LogP contribution >= 0.6 is 11.6 Å². The molecule has 2 N–H and O–H groups in total. The van der Waals surface area contributed by atoms with Crippen LogP contribution in [0, 0.1) is 6.92 Å². The van der Waals surface area contributed by atoms with Crippen molar-refractivity contribution in [3.8, 4) is 11.1 Å². The van der Waals surface area contributed by atoms with Gasteiger partial charge in [-0.1, -0.05) is 11.6 Å². The van der Waals surface area contributed by atoms with Crippen LogP contribution in [-0.2, 0) is 0 Å². The minimum absolute atomic E-state index is 0.681.